The van der Waals surface area contributed by atoms with Crippen molar-refractivity contribution in [2.45, 2.75) is 19.8 Å². The molecule has 0 bridgehead atoms. The summed E-state index contributed by atoms with van der Waals surface area (Å²) >= 11 is 0. The number of hydrogen-bond donors (Lipinski definition) is 0. The van der Waals surface area contributed by atoms with Gasteiger partial charge in [0.2, 0.25) is 0 Å². The van der Waals surface area contributed by atoms with Crippen molar-refractivity contribution < 1.29 is 4.74 Å². The molecule has 13 heavy (non-hydrogen) atoms. The highest BCUT2D eigenvalue weighted by atomic mass is 16.5. The summed E-state index contributed by atoms with van der Waals surface area (Å²) < 4.78 is 5.26. The Balaban J connectivity index is 3.12. The highest BCUT2D eigenvalue weighted by Gasteiger charge is 2.03. The van der Waals surface area contributed by atoms with Crippen LogP contribution in [-0.2, 0) is 0 Å². The second-order valence-corrected chi connectivity index (χ2v) is 3.36. The summed E-state index contributed by atoms with van der Waals surface area (Å²) in [7, 11) is 1.69. The van der Waals surface area contributed by atoms with Crippen LogP contribution in [0.4, 0.5) is 0 Å². The average molecular weight is 176 g/mol. The average Bonchev–Trinajstić information content (AvgIpc) is 2.16. The minimum Gasteiger partial charge on any atom is -0.496 e. The first-order chi connectivity index (χ1) is 6.19. The number of benzene rings is 1. The molecule has 0 saturated heterocycles. The normalized spacial score (nSPS) is 10.2. The molecule has 1 aromatic rings. The Bertz CT molecular complexity index is 300. The third-order valence-corrected chi connectivity index (χ3v) is 2.14. The van der Waals surface area contributed by atoms with Crippen LogP contribution < -0.4 is 4.74 Å². The third kappa shape index (κ3) is 2.11. The van der Waals surface area contributed by atoms with Crippen molar-refractivity contribution in [2.75, 3.05) is 7.11 Å². The highest BCUT2D eigenvalue weighted by Crippen LogP contribution is 2.25. The van der Waals surface area contributed by atoms with Crippen molar-refractivity contribution in [1.29, 1.82) is 0 Å². The lowest BCUT2D eigenvalue weighted by molar-refractivity contribution is 0.413. The Hall–Kier alpha value is -1.24. The van der Waals surface area contributed by atoms with E-state index in [-0.39, 0.29) is 0 Å². The summed E-state index contributed by atoms with van der Waals surface area (Å²) in [6.07, 6.45) is 1.81. The van der Waals surface area contributed by atoms with Gasteiger partial charge in [-0.25, -0.2) is 0 Å². The van der Waals surface area contributed by atoms with Crippen molar-refractivity contribution in [2.24, 2.45) is 0 Å². The summed E-state index contributed by atoms with van der Waals surface area (Å²) in [5.41, 5.74) is 2.34. The van der Waals surface area contributed by atoms with Gasteiger partial charge >= 0.3 is 0 Å². The van der Waals surface area contributed by atoms with Crippen molar-refractivity contribution in [1.82, 2.24) is 0 Å². The van der Waals surface area contributed by atoms with Crippen molar-refractivity contribution in [3.05, 3.63) is 35.9 Å². The first-order valence-electron chi connectivity index (χ1n) is 4.49. The first kappa shape index (κ1) is 9.85. The van der Waals surface area contributed by atoms with E-state index in [4.69, 9.17) is 4.74 Å². The molecule has 0 fully saturated rings. The molecule has 1 heteroatoms. The lowest BCUT2D eigenvalue weighted by Gasteiger charge is -2.09. The van der Waals surface area contributed by atoms with E-state index in [0.717, 1.165) is 11.3 Å². The van der Waals surface area contributed by atoms with Gasteiger partial charge in [-0.2, -0.15) is 0 Å². The lowest BCUT2D eigenvalue weighted by atomic mass is 10.0. The van der Waals surface area contributed by atoms with Crippen LogP contribution in [0.2, 0.25) is 0 Å². The Kier molecular flexibility index (Phi) is 3.13. The van der Waals surface area contributed by atoms with E-state index in [1.807, 2.05) is 12.1 Å². The highest BCUT2D eigenvalue weighted by molar-refractivity contribution is 5.56. The Morgan fingerprint density at radius 1 is 1.38 bits per heavy atom. The van der Waals surface area contributed by atoms with Crippen LogP contribution in [0.1, 0.15) is 30.9 Å². The van der Waals surface area contributed by atoms with Gasteiger partial charge in [0.05, 0.1) is 7.11 Å². The molecule has 0 N–H and O–H groups in total. The monoisotopic (exact) mass is 176 g/mol. The third-order valence-electron chi connectivity index (χ3n) is 2.14. The number of hydrogen-bond acceptors (Lipinski definition) is 1. The van der Waals surface area contributed by atoms with E-state index < -0.39 is 0 Å². The second-order valence-electron chi connectivity index (χ2n) is 3.36. The molecule has 0 aliphatic rings. The molecule has 0 aliphatic carbocycles. The van der Waals surface area contributed by atoms with E-state index in [1.165, 1.54) is 5.56 Å². The van der Waals surface area contributed by atoms with E-state index in [9.17, 15) is 0 Å². The predicted octanol–water partition coefficient (Wildman–Crippen LogP) is 3.46. The van der Waals surface area contributed by atoms with Gasteiger partial charge in [-0.05, 0) is 17.5 Å². The zero-order chi connectivity index (χ0) is 9.84. The van der Waals surface area contributed by atoms with Gasteiger partial charge in [-0.15, -0.1) is 0 Å². The molecular formula is C12H16O. The topological polar surface area (TPSA) is 9.23 Å². The molecule has 0 saturated carbocycles. The van der Waals surface area contributed by atoms with Crippen LogP contribution in [0.3, 0.4) is 0 Å². The molecule has 1 rings (SSSR count). The van der Waals surface area contributed by atoms with Crippen molar-refractivity contribution in [3.63, 3.8) is 0 Å². The lowest BCUT2D eigenvalue weighted by Crippen LogP contribution is -1.91. The van der Waals surface area contributed by atoms with Gasteiger partial charge in [0.25, 0.3) is 0 Å². The van der Waals surface area contributed by atoms with E-state index in [2.05, 4.69) is 32.6 Å². The molecular weight excluding hydrogens is 160 g/mol. The molecule has 0 spiro atoms. The zero-order valence-electron chi connectivity index (χ0n) is 8.50. The van der Waals surface area contributed by atoms with Gasteiger partial charge in [0.15, 0.2) is 0 Å². The summed E-state index contributed by atoms with van der Waals surface area (Å²) in [6.45, 7) is 8.07. The molecule has 0 heterocycles. The van der Waals surface area contributed by atoms with Crippen LogP contribution in [0.5, 0.6) is 5.75 Å². The number of ether oxygens (including phenoxy) is 1. The largest absolute Gasteiger partial charge is 0.496 e. The summed E-state index contributed by atoms with van der Waals surface area (Å²) in [6, 6.07) is 6.23. The molecule has 70 valence electrons. The molecule has 0 radical (unpaired) electrons. The number of rotatable bonds is 3. The van der Waals surface area contributed by atoms with E-state index in [1.54, 1.807) is 7.11 Å². The van der Waals surface area contributed by atoms with Crippen LogP contribution >= 0.6 is 0 Å². The molecule has 0 aliphatic heterocycles. The van der Waals surface area contributed by atoms with Crippen molar-refractivity contribution >= 4 is 6.08 Å². The maximum absolute atomic E-state index is 5.26. The summed E-state index contributed by atoms with van der Waals surface area (Å²) in [4.78, 5) is 0. The van der Waals surface area contributed by atoms with Crippen LogP contribution in [0.25, 0.3) is 6.08 Å². The molecule has 1 aromatic carbocycles. The van der Waals surface area contributed by atoms with Crippen LogP contribution in [0.15, 0.2) is 24.8 Å². The quantitative estimate of drug-likeness (QED) is 0.685. The van der Waals surface area contributed by atoms with Gasteiger partial charge in [-0.1, -0.05) is 38.6 Å². The molecule has 0 aromatic heterocycles. The first-order valence-corrected chi connectivity index (χ1v) is 4.49. The van der Waals surface area contributed by atoms with Crippen LogP contribution in [-0.4, -0.2) is 7.11 Å². The zero-order valence-corrected chi connectivity index (χ0v) is 8.50. The fourth-order valence-electron chi connectivity index (χ4n) is 1.26. The second kappa shape index (κ2) is 4.13. The predicted molar refractivity (Wildman–Crippen MR) is 57.2 cm³/mol. The van der Waals surface area contributed by atoms with Gasteiger partial charge in [0.1, 0.15) is 5.75 Å². The number of methoxy groups -OCH3 is 1. The standard InChI is InChI=1S/C12H16O/c1-5-10-6-7-11(9(2)3)8-12(10)13-4/h5-9H,1H2,2-4H3. The smallest absolute Gasteiger partial charge is 0.126 e. The van der Waals surface area contributed by atoms with Crippen molar-refractivity contribution in [3.8, 4) is 5.75 Å². The Morgan fingerprint density at radius 2 is 2.08 bits per heavy atom. The van der Waals surface area contributed by atoms with E-state index in [0.29, 0.717) is 5.92 Å². The van der Waals surface area contributed by atoms with Gasteiger partial charge in [0, 0.05) is 5.56 Å². The summed E-state index contributed by atoms with van der Waals surface area (Å²) in [5.74, 6) is 1.44. The fraction of sp³-hybridized carbons (Fsp3) is 0.333. The van der Waals surface area contributed by atoms with Gasteiger partial charge in [-0.3, -0.25) is 0 Å². The summed E-state index contributed by atoms with van der Waals surface area (Å²) in [5, 5.41) is 0. The molecule has 0 unspecified atom stereocenters. The Morgan fingerprint density at radius 3 is 2.54 bits per heavy atom. The minimum atomic E-state index is 0.535. The van der Waals surface area contributed by atoms with E-state index >= 15 is 0 Å². The fourth-order valence-corrected chi connectivity index (χ4v) is 1.26. The van der Waals surface area contributed by atoms with Crippen LogP contribution in [0, 0.1) is 0 Å². The molecule has 0 atom stereocenters. The Labute approximate surface area is 80.0 Å². The molecule has 1 nitrogen and oxygen atoms in total. The SMILES string of the molecule is C=Cc1ccc(C(C)C)cc1OC. The molecule has 0 amide bonds. The maximum atomic E-state index is 5.26. The maximum Gasteiger partial charge on any atom is 0.126 e. The minimum absolute atomic E-state index is 0.535. The van der Waals surface area contributed by atoms with Gasteiger partial charge < -0.3 is 4.74 Å².